The number of fused-ring (bicyclic) bond motifs is 5. The fourth-order valence-corrected chi connectivity index (χ4v) is 7.51. The third-order valence-electron chi connectivity index (χ3n) is 8.92. The van der Waals surface area contributed by atoms with Crippen molar-refractivity contribution in [1.82, 2.24) is 0 Å². The zero-order valence-corrected chi connectivity index (χ0v) is 16.5. The van der Waals surface area contributed by atoms with E-state index in [1.165, 1.54) is 25.7 Å². The molecule has 0 spiro atoms. The Morgan fingerprint density at radius 1 is 1.24 bits per heavy atom. The summed E-state index contributed by atoms with van der Waals surface area (Å²) in [6.45, 7) is 9.55. The van der Waals surface area contributed by atoms with Crippen molar-refractivity contribution >= 4 is 5.97 Å². The molecule has 0 aromatic rings. The summed E-state index contributed by atoms with van der Waals surface area (Å²) >= 11 is 0. The van der Waals surface area contributed by atoms with Crippen molar-refractivity contribution in [1.29, 1.82) is 0 Å². The number of carbonyl (C=O) groups is 1. The van der Waals surface area contributed by atoms with Crippen molar-refractivity contribution < 1.29 is 14.3 Å². The lowest BCUT2D eigenvalue weighted by atomic mass is 9.46. The highest BCUT2D eigenvalue weighted by molar-refractivity contribution is 5.83. The standard InChI is InChI=1S/C22H34O3/c1-13-12-18-22(4,11-9-19(23)25-18)17-8-10-21(3)15(14(2)24-5)6-7-16(21)20(13)17/h9,11,13-18,20H,6-8,10,12H2,1-5H3/t13?,14?,15?,16-,17+,18?,20-,21+,22+/m0/s1. The molecule has 3 heteroatoms. The van der Waals surface area contributed by atoms with Crippen molar-refractivity contribution in [2.24, 2.45) is 40.4 Å². The molecule has 3 aliphatic carbocycles. The molecule has 1 aliphatic heterocycles. The maximum absolute atomic E-state index is 11.8. The van der Waals surface area contributed by atoms with Gasteiger partial charge in [0.25, 0.3) is 0 Å². The third-order valence-corrected chi connectivity index (χ3v) is 8.92. The normalized spacial score (nSPS) is 52.8. The van der Waals surface area contributed by atoms with Gasteiger partial charge in [0, 0.05) is 18.6 Å². The number of carbonyl (C=O) groups excluding carboxylic acids is 1. The van der Waals surface area contributed by atoms with E-state index in [1.807, 2.05) is 7.11 Å². The van der Waals surface area contributed by atoms with Crippen LogP contribution < -0.4 is 0 Å². The van der Waals surface area contributed by atoms with Gasteiger partial charge in [0.1, 0.15) is 6.10 Å². The SMILES string of the molecule is COC(C)C1CC[C@H]2[C@@H]3C(C)CC4OC(=O)C=C[C@]4(C)[C@@H]3CC[C@]12C. The third kappa shape index (κ3) is 2.37. The van der Waals surface area contributed by atoms with E-state index in [4.69, 9.17) is 9.47 Å². The van der Waals surface area contributed by atoms with Gasteiger partial charge < -0.3 is 9.47 Å². The van der Waals surface area contributed by atoms with Crippen LogP contribution in [0.4, 0.5) is 0 Å². The molecule has 0 aromatic carbocycles. The Morgan fingerprint density at radius 2 is 2.00 bits per heavy atom. The molecule has 4 unspecified atom stereocenters. The van der Waals surface area contributed by atoms with Crippen LogP contribution in [0.15, 0.2) is 12.2 Å². The average Bonchev–Trinajstić information content (AvgIpc) is 2.93. The van der Waals surface area contributed by atoms with Gasteiger partial charge in [-0.15, -0.1) is 0 Å². The largest absolute Gasteiger partial charge is 0.458 e. The van der Waals surface area contributed by atoms with Gasteiger partial charge in [-0.25, -0.2) is 4.79 Å². The summed E-state index contributed by atoms with van der Waals surface area (Å²) in [7, 11) is 1.86. The molecular formula is C22H34O3. The van der Waals surface area contributed by atoms with E-state index in [0.717, 1.165) is 18.3 Å². The minimum absolute atomic E-state index is 0.0252. The van der Waals surface area contributed by atoms with Gasteiger partial charge in [0.15, 0.2) is 0 Å². The maximum atomic E-state index is 11.8. The quantitative estimate of drug-likeness (QED) is 0.685. The molecule has 1 heterocycles. The van der Waals surface area contributed by atoms with E-state index >= 15 is 0 Å². The number of esters is 1. The first-order chi connectivity index (χ1) is 11.8. The van der Waals surface area contributed by atoms with Gasteiger partial charge in [-0.05, 0) is 74.0 Å². The first-order valence-electron chi connectivity index (χ1n) is 10.2. The van der Waals surface area contributed by atoms with E-state index < -0.39 is 0 Å². The predicted molar refractivity (Wildman–Crippen MR) is 97.9 cm³/mol. The van der Waals surface area contributed by atoms with Crippen LogP contribution in [0.25, 0.3) is 0 Å². The lowest BCUT2D eigenvalue weighted by Crippen LogP contribution is -2.58. The van der Waals surface area contributed by atoms with E-state index in [2.05, 4.69) is 33.8 Å². The summed E-state index contributed by atoms with van der Waals surface area (Å²) < 4.78 is 11.5. The molecule has 140 valence electrons. The van der Waals surface area contributed by atoms with Crippen LogP contribution in [0.1, 0.15) is 59.8 Å². The molecule has 0 bridgehead atoms. The molecule has 0 N–H and O–H groups in total. The zero-order valence-electron chi connectivity index (χ0n) is 16.5. The minimum atomic E-state index is -0.149. The van der Waals surface area contributed by atoms with Crippen LogP contribution in [-0.4, -0.2) is 25.3 Å². The summed E-state index contributed by atoms with van der Waals surface area (Å²) in [6, 6.07) is 0. The van der Waals surface area contributed by atoms with Crippen LogP contribution >= 0.6 is 0 Å². The van der Waals surface area contributed by atoms with Gasteiger partial charge in [0.2, 0.25) is 0 Å². The maximum Gasteiger partial charge on any atom is 0.330 e. The molecule has 3 nitrogen and oxygen atoms in total. The second kappa shape index (κ2) is 5.84. The van der Waals surface area contributed by atoms with Gasteiger partial charge in [-0.2, -0.15) is 0 Å². The van der Waals surface area contributed by atoms with Crippen LogP contribution in [0.5, 0.6) is 0 Å². The Balaban J connectivity index is 1.68. The highest BCUT2D eigenvalue weighted by Crippen LogP contribution is 2.67. The number of hydrogen-bond acceptors (Lipinski definition) is 3. The smallest absolute Gasteiger partial charge is 0.330 e. The first kappa shape index (κ1) is 17.6. The summed E-state index contributed by atoms with van der Waals surface area (Å²) in [6.07, 6.45) is 10.5. The van der Waals surface area contributed by atoms with Crippen molar-refractivity contribution in [3.63, 3.8) is 0 Å². The van der Waals surface area contributed by atoms with Crippen LogP contribution in [0.3, 0.4) is 0 Å². The van der Waals surface area contributed by atoms with Crippen molar-refractivity contribution in [3.8, 4) is 0 Å². The topological polar surface area (TPSA) is 35.5 Å². The Morgan fingerprint density at radius 3 is 2.72 bits per heavy atom. The van der Waals surface area contributed by atoms with Gasteiger partial charge in [-0.1, -0.05) is 26.8 Å². The highest BCUT2D eigenvalue weighted by Gasteiger charge is 2.62. The van der Waals surface area contributed by atoms with Crippen LogP contribution in [0, 0.1) is 40.4 Å². The lowest BCUT2D eigenvalue weighted by molar-refractivity contribution is -0.176. The predicted octanol–water partition coefficient (Wildman–Crippen LogP) is 4.61. The van der Waals surface area contributed by atoms with Crippen molar-refractivity contribution in [2.75, 3.05) is 7.11 Å². The lowest BCUT2D eigenvalue weighted by Gasteiger charge is -2.60. The molecular weight excluding hydrogens is 312 g/mol. The summed E-state index contributed by atoms with van der Waals surface area (Å²) in [5, 5.41) is 0. The molecule has 0 saturated heterocycles. The molecule has 4 rings (SSSR count). The molecule has 0 amide bonds. The molecule has 0 aromatic heterocycles. The van der Waals surface area contributed by atoms with Crippen molar-refractivity contribution in [2.45, 2.75) is 72.0 Å². The Kier molecular flexibility index (Phi) is 4.10. The fraction of sp³-hybridized carbons (Fsp3) is 0.864. The van der Waals surface area contributed by atoms with E-state index in [1.54, 1.807) is 6.08 Å². The monoisotopic (exact) mass is 346 g/mol. The molecule has 3 fully saturated rings. The Labute approximate surface area is 152 Å². The minimum Gasteiger partial charge on any atom is -0.458 e. The summed E-state index contributed by atoms with van der Waals surface area (Å²) in [5.74, 6) is 3.33. The van der Waals surface area contributed by atoms with Crippen LogP contribution in [0.2, 0.25) is 0 Å². The number of methoxy groups -OCH3 is 1. The van der Waals surface area contributed by atoms with E-state index in [-0.39, 0.29) is 17.5 Å². The van der Waals surface area contributed by atoms with Gasteiger partial charge in [-0.3, -0.25) is 0 Å². The van der Waals surface area contributed by atoms with Gasteiger partial charge >= 0.3 is 5.97 Å². The molecule has 3 saturated carbocycles. The molecule has 4 aliphatic rings. The van der Waals surface area contributed by atoms with E-state index in [9.17, 15) is 4.79 Å². The fourth-order valence-electron chi connectivity index (χ4n) is 7.51. The van der Waals surface area contributed by atoms with Crippen molar-refractivity contribution in [3.05, 3.63) is 12.2 Å². The molecule has 9 atom stereocenters. The second-order valence-corrected chi connectivity index (χ2v) is 9.80. The number of hydrogen-bond donors (Lipinski definition) is 0. The number of rotatable bonds is 2. The molecule has 25 heavy (non-hydrogen) atoms. The second-order valence-electron chi connectivity index (χ2n) is 9.80. The Bertz CT molecular complexity index is 584. The first-order valence-corrected chi connectivity index (χ1v) is 10.2. The summed E-state index contributed by atoms with van der Waals surface area (Å²) in [5.41, 5.74) is 0.431. The zero-order chi connectivity index (χ0) is 18.0. The van der Waals surface area contributed by atoms with E-state index in [0.29, 0.717) is 29.3 Å². The van der Waals surface area contributed by atoms with Crippen LogP contribution in [-0.2, 0) is 14.3 Å². The highest BCUT2D eigenvalue weighted by atomic mass is 16.5. The average molecular weight is 347 g/mol. The van der Waals surface area contributed by atoms with Gasteiger partial charge in [0.05, 0.1) is 6.10 Å². The summed E-state index contributed by atoms with van der Waals surface area (Å²) in [4.78, 5) is 11.8. The molecule has 0 radical (unpaired) electrons. The Hall–Kier alpha value is -0.830. The number of ether oxygens (including phenoxy) is 2.